The Morgan fingerprint density at radius 3 is 2.53 bits per heavy atom. The maximum atomic E-state index is 12.3. The van der Waals surface area contributed by atoms with Crippen molar-refractivity contribution < 1.29 is 24.0 Å². The number of nitrogens with zero attached hydrogens (tertiary/aromatic N) is 2. The third-order valence-corrected chi connectivity index (χ3v) is 4.75. The van der Waals surface area contributed by atoms with Crippen LogP contribution >= 0.6 is 0 Å². The van der Waals surface area contributed by atoms with Gasteiger partial charge in [0.2, 0.25) is 5.91 Å². The van der Waals surface area contributed by atoms with E-state index in [1.54, 1.807) is 35.2 Å². The van der Waals surface area contributed by atoms with E-state index in [4.69, 9.17) is 4.74 Å². The molecule has 0 bridgehead atoms. The van der Waals surface area contributed by atoms with Gasteiger partial charge in [-0.25, -0.2) is 4.79 Å². The summed E-state index contributed by atoms with van der Waals surface area (Å²) in [5, 5.41) is 13.4. The van der Waals surface area contributed by atoms with Crippen LogP contribution in [-0.4, -0.2) is 40.3 Å². The van der Waals surface area contributed by atoms with Crippen molar-refractivity contribution in [1.29, 1.82) is 0 Å². The van der Waals surface area contributed by atoms with E-state index < -0.39 is 22.9 Å². The SMILES string of the molecule is C[C@H](OC(=O)c1ccc(CN2CCCC2=O)cc1)C(=O)Nc1ccccc1[N+](=O)[O-]. The van der Waals surface area contributed by atoms with Crippen molar-refractivity contribution in [3.05, 3.63) is 69.8 Å². The van der Waals surface area contributed by atoms with Crippen LogP contribution in [0.1, 0.15) is 35.7 Å². The average Bonchev–Trinajstić information content (AvgIpc) is 3.13. The molecule has 0 aromatic heterocycles. The Morgan fingerprint density at radius 1 is 1.20 bits per heavy atom. The largest absolute Gasteiger partial charge is 0.449 e. The third kappa shape index (κ3) is 4.99. The van der Waals surface area contributed by atoms with Crippen LogP contribution in [0, 0.1) is 10.1 Å². The number of ether oxygens (including phenoxy) is 1. The smallest absolute Gasteiger partial charge is 0.338 e. The van der Waals surface area contributed by atoms with Gasteiger partial charge in [0.05, 0.1) is 10.5 Å². The van der Waals surface area contributed by atoms with E-state index in [1.165, 1.54) is 25.1 Å². The van der Waals surface area contributed by atoms with E-state index in [1.807, 2.05) is 0 Å². The van der Waals surface area contributed by atoms with Crippen molar-refractivity contribution in [3.8, 4) is 0 Å². The molecule has 0 aliphatic carbocycles. The number of nitro benzene ring substituents is 1. The number of esters is 1. The molecule has 3 rings (SSSR count). The monoisotopic (exact) mass is 411 g/mol. The highest BCUT2D eigenvalue weighted by Crippen LogP contribution is 2.23. The second kappa shape index (κ2) is 9.17. The van der Waals surface area contributed by atoms with Gasteiger partial charge in [0.1, 0.15) is 5.69 Å². The van der Waals surface area contributed by atoms with Crippen molar-refractivity contribution >= 4 is 29.2 Å². The van der Waals surface area contributed by atoms with Gasteiger partial charge in [-0.3, -0.25) is 19.7 Å². The Kier molecular flexibility index (Phi) is 6.41. The molecular formula is C21H21N3O6. The van der Waals surface area contributed by atoms with Gasteiger partial charge in [0.15, 0.2) is 6.10 Å². The zero-order valence-electron chi connectivity index (χ0n) is 16.4. The van der Waals surface area contributed by atoms with E-state index in [-0.39, 0.29) is 22.8 Å². The summed E-state index contributed by atoms with van der Waals surface area (Å²) in [6, 6.07) is 12.3. The summed E-state index contributed by atoms with van der Waals surface area (Å²) in [5.41, 5.74) is 0.925. The lowest BCUT2D eigenvalue weighted by molar-refractivity contribution is -0.383. The molecule has 1 heterocycles. The summed E-state index contributed by atoms with van der Waals surface area (Å²) in [4.78, 5) is 48.5. The first-order chi connectivity index (χ1) is 14.3. The Hall–Kier alpha value is -3.75. The molecule has 2 aromatic rings. The van der Waals surface area contributed by atoms with Gasteiger partial charge in [-0.1, -0.05) is 24.3 Å². The fourth-order valence-electron chi connectivity index (χ4n) is 3.09. The van der Waals surface area contributed by atoms with Gasteiger partial charge in [-0.2, -0.15) is 0 Å². The fourth-order valence-corrected chi connectivity index (χ4v) is 3.09. The molecule has 156 valence electrons. The van der Waals surface area contributed by atoms with E-state index in [9.17, 15) is 24.5 Å². The summed E-state index contributed by atoms with van der Waals surface area (Å²) >= 11 is 0. The number of anilines is 1. The lowest BCUT2D eigenvalue weighted by Gasteiger charge is -2.16. The maximum Gasteiger partial charge on any atom is 0.338 e. The zero-order chi connectivity index (χ0) is 21.7. The van der Waals surface area contributed by atoms with Gasteiger partial charge >= 0.3 is 5.97 Å². The summed E-state index contributed by atoms with van der Waals surface area (Å²) in [7, 11) is 0. The van der Waals surface area contributed by atoms with Gasteiger partial charge in [-0.15, -0.1) is 0 Å². The van der Waals surface area contributed by atoms with Crippen molar-refractivity contribution in [2.75, 3.05) is 11.9 Å². The number of amides is 2. The molecule has 0 radical (unpaired) electrons. The number of nitro groups is 1. The number of rotatable bonds is 7. The molecule has 1 fully saturated rings. The van der Waals surface area contributed by atoms with Crippen LogP contribution in [0.25, 0.3) is 0 Å². The molecule has 1 atom stereocenters. The zero-order valence-corrected chi connectivity index (χ0v) is 16.4. The molecule has 0 unspecified atom stereocenters. The first-order valence-electron chi connectivity index (χ1n) is 9.47. The number of carbonyl (C=O) groups excluding carboxylic acids is 3. The van der Waals surface area contributed by atoms with Crippen molar-refractivity contribution in [2.24, 2.45) is 0 Å². The minimum absolute atomic E-state index is 0.0243. The van der Waals surface area contributed by atoms with E-state index in [0.29, 0.717) is 13.0 Å². The molecule has 1 aliphatic rings. The topological polar surface area (TPSA) is 119 Å². The molecule has 9 heteroatoms. The quantitative estimate of drug-likeness (QED) is 0.425. The Morgan fingerprint density at radius 2 is 1.90 bits per heavy atom. The molecule has 2 amide bonds. The predicted molar refractivity (Wildman–Crippen MR) is 108 cm³/mol. The Labute approximate surface area is 172 Å². The fraction of sp³-hybridized carbons (Fsp3) is 0.286. The number of likely N-dealkylation sites (tertiary alicyclic amines) is 1. The highest BCUT2D eigenvalue weighted by molar-refractivity contribution is 5.98. The lowest BCUT2D eigenvalue weighted by Crippen LogP contribution is -2.30. The lowest BCUT2D eigenvalue weighted by atomic mass is 10.1. The number of para-hydroxylation sites is 2. The van der Waals surface area contributed by atoms with Crippen LogP contribution in [0.4, 0.5) is 11.4 Å². The van der Waals surface area contributed by atoms with Crippen LogP contribution in [0.15, 0.2) is 48.5 Å². The van der Waals surface area contributed by atoms with E-state index in [0.717, 1.165) is 18.5 Å². The van der Waals surface area contributed by atoms with Gasteiger partial charge in [0.25, 0.3) is 11.6 Å². The molecule has 30 heavy (non-hydrogen) atoms. The first-order valence-corrected chi connectivity index (χ1v) is 9.47. The second-order valence-electron chi connectivity index (χ2n) is 6.93. The van der Waals surface area contributed by atoms with Crippen LogP contribution in [-0.2, 0) is 20.9 Å². The third-order valence-electron chi connectivity index (χ3n) is 4.75. The minimum Gasteiger partial charge on any atom is -0.449 e. The normalized spacial score (nSPS) is 14.3. The highest BCUT2D eigenvalue weighted by Gasteiger charge is 2.23. The van der Waals surface area contributed by atoms with Gasteiger partial charge in [0, 0.05) is 25.6 Å². The summed E-state index contributed by atoms with van der Waals surface area (Å²) in [5.74, 6) is -1.25. The molecule has 9 nitrogen and oxygen atoms in total. The van der Waals surface area contributed by atoms with Crippen molar-refractivity contribution in [1.82, 2.24) is 4.90 Å². The Bertz CT molecular complexity index is 973. The predicted octanol–water partition coefficient (Wildman–Crippen LogP) is 2.90. The van der Waals surface area contributed by atoms with Gasteiger partial charge < -0.3 is 15.0 Å². The summed E-state index contributed by atoms with van der Waals surface area (Å²) in [6.07, 6.45) is 0.269. The number of carbonyl (C=O) groups is 3. The molecule has 2 aromatic carbocycles. The molecular weight excluding hydrogens is 390 g/mol. The number of nitrogens with one attached hydrogen (secondary N) is 1. The van der Waals surface area contributed by atoms with Crippen LogP contribution in [0.3, 0.4) is 0 Å². The van der Waals surface area contributed by atoms with Crippen LogP contribution in [0.2, 0.25) is 0 Å². The van der Waals surface area contributed by atoms with Crippen molar-refractivity contribution in [2.45, 2.75) is 32.4 Å². The summed E-state index contributed by atoms with van der Waals surface area (Å²) in [6.45, 7) is 2.60. The maximum absolute atomic E-state index is 12.3. The first kappa shape index (κ1) is 21.0. The highest BCUT2D eigenvalue weighted by atomic mass is 16.6. The molecule has 0 saturated carbocycles. The number of hydrogen-bond donors (Lipinski definition) is 1. The van der Waals surface area contributed by atoms with Crippen molar-refractivity contribution in [3.63, 3.8) is 0 Å². The Balaban J connectivity index is 1.58. The average molecular weight is 411 g/mol. The second-order valence-corrected chi connectivity index (χ2v) is 6.93. The molecule has 1 N–H and O–H groups in total. The van der Waals surface area contributed by atoms with E-state index >= 15 is 0 Å². The summed E-state index contributed by atoms with van der Waals surface area (Å²) < 4.78 is 5.18. The molecule has 0 spiro atoms. The molecule has 1 aliphatic heterocycles. The van der Waals surface area contributed by atoms with Gasteiger partial charge in [-0.05, 0) is 37.1 Å². The van der Waals surface area contributed by atoms with E-state index in [2.05, 4.69) is 5.32 Å². The standard InChI is InChI=1S/C21H21N3O6/c1-14(20(26)22-17-5-2-3-6-18(17)24(28)29)30-21(27)16-10-8-15(9-11-16)13-23-12-4-7-19(23)25/h2-3,5-6,8-11,14H,4,7,12-13H2,1H3,(H,22,26)/t14-/m0/s1. The number of hydrogen-bond acceptors (Lipinski definition) is 6. The minimum atomic E-state index is -1.15. The van der Waals surface area contributed by atoms with Crippen LogP contribution < -0.4 is 5.32 Å². The van der Waals surface area contributed by atoms with Crippen LogP contribution in [0.5, 0.6) is 0 Å². The molecule has 1 saturated heterocycles. The number of benzene rings is 2.